The molecule has 17 heavy (non-hydrogen) atoms. The predicted molar refractivity (Wildman–Crippen MR) is 63.9 cm³/mol. The van der Waals surface area contributed by atoms with Crippen molar-refractivity contribution in [1.29, 1.82) is 0 Å². The average Bonchev–Trinajstić information content (AvgIpc) is 2.25. The summed E-state index contributed by atoms with van der Waals surface area (Å²) in [7, 11) is 3.67. The van der Waals surface area contributed by atoms with Crippen LogP contribution in [0.2, 0.25) is 0 Å². The van der Waals surface area contributed by atoms with E-state index in [-0.39, 0.29) is 12.5 Å². The van der Waals surface area contributed by atoms with E-state index in [2.05, 4.69) is 0 Å². The van der Waals surface area contributed by atoms with Crippen molar-refractivity contribution in [3.8, 4) is 0 Å². The highest BCUT2D eigenvalue weighted by Gasteiger charge is 2.06. The Labute approximate surface area is 102 Å². The van der Waals surface area contributed by atoms with Crippen LogP contribution in [0.15, 0.2) is 0 Å². The molecule has 6 heteroatoms. The number of ether oxygens (including phenoxy) is 1. The molecule has 0 unspecified atom stereocenters. The van der Waals surface area contributed by atoms with Gasteiger partial charge in [-0.1, -0.05) is 6.92 Å². The van der Waals surface area contributed by atoms with E-state index in [4.69, 9.17) is 9.84 Å². The van der Waals surface area contributed by atoms with Crippen molar-refractivity contribution in [2.24, 2.45) is 0 Å². The molecule has 0 aliphatic rings. The first-order valence-corrected chi connectivity index (χ1v) is 5.70. The first-order valence-electron chi connectivity index (χ1n) is 5.70. The Kier molecular flexibility index (Phi) is 8.35. The second-order valence-corrected chi connectivity index (χ2v) is 4.01. The third-order valence-corrected chi connectivity index (χ3v) is 2.29. The van der Waals surface area contributed by atoms with Gasteiger partial charge in [0.2, 0.25) is 0 Å². The van der Waals surface area contributed by atoms with Gasteiger partial charge in [-0.15, -0.1) is 0 Å². The van der Waals surface area contributed by atoms with Gasteiger partial charge in [-0.25, -0.2) is 0 Å². The fraction of sp³-hybridized carbons (Fsp3) is 0.818. The number of carboxylic acids is 1. The van der Waals surface area contributed by atoms with Crippen LogP contribution < -0.4 is 0 Å². The fourth-order valence-corrected chi connectivity index (χ4v) is 1.18. The molecule has 0 aliphatic carbocycles. The predicted octanol–water partition coefficient (Wildman–Crippen LogP) is -0.112. The van der Waals surface area contributed by atoms with Crippen LogP contribution in [0.1, 0.15) is 13.3 Å². The van der Waals surface area contributed by atoms with Gasteiger partial charge in [0.05, 0.1) is 6.54 Å². The molecule has 0 heterocycles. The molecule has 6 nitrogen and oxygen atoms in total. The molecular formula is C11H22N2O4. The average molecular weight is 246 g/mol. The van der Waals surface area contributed by atoms with Crippen LogP contribution >= 0.6 is 0 Å². The van der Waals surface area contributed by atoms with Crippen molar-refractivity contribution in [3.05, 3.63) is 0 Å². The lowest BCUT2D eigenvalue weighted by Gasteiger charge is -2.20. The molecule has 0 aromatic carbocycles. The Hall–Kier alpha value is -1.14. The third-order valence-electron chi connectivity index (χ3n) is 2.29. The third kappa shape index (κ3) is 9.77. The van der Waals surface area contributed by atoms with Gasteiger partial charge in [-0.3, -0.25) is 14.5 Å². The van der Waals surface area contributed by atoms with E-state index in [0.29, 0.717) is 26.1 Å². The molecule has 0 saturated carbocycles. The zero-order valence-electron chi connectivity index (χ0n) is 10.8. The van der Waals surface area contributed by atoms with Crippen LogP contribution in [-0.2, 0) is 14.3 Å². The Morgan fingerprint density at radius 2 is 1.71 bits per heavy atom. The number of hydrogen-bond donors (Lipinski definition) is 1. The summed E-state index contributed by atoms with van der Waals surface area (Å²) in [6.07, 6.45) is 0.394. The summed E-state index contributed by atoms with van der Waals surface area (Å²) in [5, 5.41) is 8.57. The standard InChI is InChI=1S/C11H22N2O4/c1-4-11(16)17-8-7-12(2)5-6-13(3)9-10(14)15/h4-9H2,1-3H3,(H,14,15). The zero-order valence-corrected chi connectivity index (χ0v) is 10.8. The number of nitrogens with zero attached hydrogens (tertiary/aromatic N) is 2. The summed E-state index contributed by atoms with van der Waals surface area (Å²) in [6, 6.07) is 0. The van der Waals surface area contributed by atoms with Crippen molar-refractivity contribution in [3.63, 3.8) is 0 Å². The number of rotatable bonds is 9. The first-order chi connectivity index (χ1) is 7.95. The quantitative estimate of drug-likeness (QED) is 0.572. The number of carbonyl (C=O) groups is 2. The summed E-state index contributed by atoms with van der Waals surface area (Å²) in [4.78, 5) is 25.0. The number of aliphatic carboxylic acids is 1. The van der Waals surface area contributed by atoms with Crippen molar-refractivity contribution in [2.75, 3.05) is 46.9 Å². The lowest BCUT2D eigenvalue weighted by atomic mass is 10.4. The van der Waals surface area contributed by atoms with Crippen LogP contribution in [0.25, 0.3) is 0 Å². The van der Waals surface area contributed by atoms with Gasteiger partial charge in [-0.2, -0.15) is 0 Å². The largest absolute Gasteiger partial charge is 0.480 e. The summed E-state index contributed by atoms with van der Waals surface area (Å²) < 4.78 is 4.94. The molecule has 1 N–H and O–H groups in total. The Morgan fingerprint density at radius 1 is 1.12 bits per heavy atom. The Bertz CT molecular complexity index is 246. The highest BCUT2D eigenvalue weighted by molar-refractivity contribution is 5.69. The molecule has 0 aliphatic heterocycles. The molecule has 0 spiro atoms. The lowest BCUT2D eigenvalue weighted by Crippen LogP contribution is -2.35. The number of hydrogen-bond acceptors (Lipinski definition) is 5. The van der Waals surface area contributed by atoms with Crippen molar-refractivity contribution in [1.82, 2.24) is 9.80 Å². The van der Waals surface area contributed by atoms with Gasteiger partial charge < -0.3 is 14.7 Å². The van der Waals surface area contributed by atoms with E-state index in [1.165, 1.54) is 0 Å². The minimum absolute atomic E-state index is 0.0403. The van der Waals surface area contributed by atoms with Crippen LogP contribution in [0.5, 0.6) is 0 Å². The number of esters is 1. The molecule has 0 aromatic rings. The molecule has 0 fully saturated rings. The van der Waals surface area contributed by atoms with E-state index in [9.17, 15) is 9.59 Å². The van der Waals surface area contributed by atoms with Gasteiger partial charge >= 0.3 is 11.9 Å². The zero-order chi connectivity index (χ0) is 13.3. The van der Waals surface area contributed by atoms with Crippen LogP contribution in [0.4, 0.5) is 0 Å². The summed E-state index contributed by atoms with van der Waals surface area (Å²) >= 11 is 0. The normalized spacial score (nSPS) is 10.9. The molecule has 0 amide bonds. The number of likely N-dealkylation sites (N-methyl/N-ethyl adjacent to an activating group) is 2. The Morgan fingerprint density at radius 3 is 2.24 bits per heavy atom. The van der Waals surface area contributed by atoms with E-state index >= 15 is 0 Å². The van der Waals surface area contributed by atoms with Gasteiger partial charge in [0.25, 0.3) is 0 Å². The highest BCUT2D eigenvalue weighted by atomic mass is 16.5. The van der Waals surface area contributed by atoms with Gasteiger partial charge in [-0.05, 0) is 14.1 Å². The summed E-state index contributed by atoms with van der Waals surface area (Å²) in [5.74, 6) is -1.02. The maximum atomic E-state index is 10.9. The minimum Gasteiger partial charge on any atom is -0.480 e. The highest BCUT2D eigenvalue weighted by Crippen LogP contribution is 1.89. The Balaban J connectivity index is 3.55. The van der Waals surface area contributed by atoms with Gasteiger partial charge in [0, 0.05) is 26.1 Å². The van der Waals surface area contributed by atoms with Crippen molar-refractivity contribution >= 4 is 11.9 Å². The van der Waals surface area contributed by atoms with E-state index < -0.39 is 5.97 Å². The number of carbonyl (C=O) groups excluding carboxylic acids is 1. The van der Waals surface area contributed by atoms with Gasteiger partial charge in [0.1, 0.15) is 6.61 Å². The first kappa shape index (κ1) is 15.9. The topological polar surface area (TPSA) is 70.1 Å². The summed E-state index contributed by atoms with van der Waals surface area (Å²) in [6.45, 7) is 4.25. The molecule has 0 atom stereocenters. The van der Waals surface area contributed by atoms with E-state index in [0.717, 1.165) is 6.54 Å². The van der Waals surface area contributed by atoms with Crippen LogP contribution in [0, 0.1) is 0 Å². The summed E-state index contributed by atoms with van der Waals surface area (Å²) in [5.41, 5.74) is 0. The van der Waals surface area contributed by atoms with E-state index in [1.807, 2.05) is 11.9 Å². The molecule has 0 radical (unpaired) electrons. The molecule has 0 aromatic heterocycles. The van der Waals surface area contributed by atoms with Crippen molar-refractivity contribution in [2.45, 2.75) is 13.3 Å². The monoisotopic (exact) mass is 246 g/mol. The van der Waals surface area contributed by atoms with Crippen LogP contribution in [-0.4, -0.2) is 73.7 Å². The van der Waals surface area contributed by atoms with E-state index in [1.54, 1.807) is 18.9 Å². The minimum atomic E-state index is -0.827. The van der Waals surface area contributed by atoms with Crippen LogP contribution in [0.3, 0.4) is 0 Å². The molecule has 100 valence electrons. The maximum Gasteiger partial charge on any atom is 0.317 e. The fourth-order valence-electron chi connectivity index (χ4n) is 1.18. The maximum absolute atomic E-state index is 10.9. The number of carboxylic acid groups (broad SMARTS) is 1. The molecule has 0 rings (SSSR count). The molecule has 0 saturated heterocycles. The van der Waals surface area contributed by atoms with Gasteiger partial charge in [0.15, 0.2) is 0 Å². The lowest BCUT2D eigenvalue weighted by molar-refractivity contribution is -0.143. The SMILES string of the molecule is CCC(=O)OCCN(C)CCN(C)CC(=O)O. The molecular weight excluding hydrogens is 224 g/mol. The second-order valence-electron chi connectivity index (χ2n) is 4.01. The second kappa shape index (κ2) is 8.95. The smallest absolute Gasteiger partial charge is 0.317 e. The molecule has 0 bridgehead atoms. The van der Waals surface area contributed by atoms with Crippen molar-refractivity contribution < 1.29 is 19.4 Å².